The van der Waals surface area contributed by atoms with Gasteiger partial charge in [0.2, 0.25) is 6.23 Å². The number of hydrogen-bond donors (Lipinski definition) is 2. The minimum absolute atomic E-state index is 0.0559. The summed E-state index contributed by atoms with van der Waals surface area (Å²) in [6.45, 7) is 1.73. The normalized spacial score (nSPS) is 25.0. The van der Waals surface area contributed by atoms with Gasteiger partial charge in [-0.15, -0.1) is 0 Å². The van der Waals surface area contributed by atoms with E-state index in [9.17, 15) is 14.7 Å². The maximum atomic E-state index is 11.9. The molecule has 0 aromatic carbocycles. The van der Waals surface area contributed by atoms with Crippen molar-refractivity contribution in [3.8, 4) is 0 Å². The van der Waals surface area contributed by atoms with Gasteiger partial charge in [0.15, 0.2) is 17.6 Å². The number of ether oxygens (including phenoxy) is 2. The number of aromatic nitrogens is 2. The first-order valence-corrected chi connectivity index (χ1v) is 7.91. The number of nitrogens with zero attached hydrogens (tertiary/aromatic N) is 2. The van der Waals surface area contributed by atoms with Crippen LogP contribution in [-0.2, 0) is 14.3 Å². The van der Waals surface area contributed by atoms with Crippen LogP contribution >= 0.6 is 0 Å². The highest BCUT2D eigenvalue weighted by Gasteiger charge is 2.39. The molecule has 0 spiro atoms. The van der Waals surface area contributed by atoms with E-state index in [-0.39, 0.29) is 18.1 Å². The Morgan fingerprint density at radius 1 is 1.33 bits per heavy atom. The zero-order chi connectivity index (χ0) is 17.1. The number of piperidine rings is 1. The molecule has 3 rings (SSSR count). The van der Waals surface area contributed by atoms with Gasteiger partial charge in [0, 0.05) is 32.5 Å². The summed E-state index contributed by atoms with van der Waals surface area (Å²) >= 11 is 0. The van der Waals surface area contributed by atoms with Crippen LogP contribution in [0.1, 0.15) is 25.5 Å². The summed E-state index contributed by atoms with van der Waals surface area (Å²) in [5, 5.41) is 12.1. The Morgan fingerprint density at radius 2 is 2.08 bits per heavy atom. The van der Waals surface area contributed by atoms with E-state index in [1.165, 1.54) is 30.4 Å². The molecule has 2 atom stereocenters. The number of H-pyrrole nitrogens is 1. The number of hydroxylamine groups is 2. The Hall–Kier alpha value is -2.10. The minimum atomic E-state index is -0.903. The lowest BCUT2D eigenvalue weighted by Crippen LogP contribution is -2.36. The highest BCUT2D eigenvalue weighted by molar-refractivity contribution is 5.14. The molecule has 1 unspecified atom stereocenters. The molecule has 2 N–H and O–H groups in total. The van der Waals surface area contributed by atoms with Crippen molar-refractivity contribution in [2.24, 2.45) is 0 Å². The predicted molar refractivity (Wildman–Crippen MR) is 83.3 cm³/mol. The van der Waals surface area contributed by atoms with Gasteiger partial charge >= 0.3 is 5.69 Å². The van der Waals surface area contributed by atoms with Gasteiger partial charge in [0.1, 0.15) is 6.61 Å². The van der Waals surface area contributed by atoms with Crippen molar-refractivity contribution in [2.45, 2.75) is 31.6 Å². The number of aromatic amines is 1. The molecule has 0 aliphatic carbocycles. The van der Waals surface area contributed by atoms with Crippen molar-refractivity contribution in [1.82, 2.24) is 14.6 Å². The summed E-state index contributed by atoms with van der Waals surface area (Å²) in [6.07, 6.45) is 2.88. The molecule has 0 amide bonds. The van der Waals surface area contributed by atoms with Crippen molar-refractivity contribution < 1.29 is 19.4 Å². The molecule has 24 heavy (non-hydrogen) atoms. The van der Waals surface area contributed by atoms with Crippen molar-refractivity contribution in [3.63, 3.8) is 0 Å². The smallest absolute Gasteiger partial charge is 0.331 e. The highest BCUT2D eigenvalue weighted by atomic mass is 16.7. The van der Waals surface area contributed by atoms with E-state index in [0.29, 0.717) is 0 Å². The molecule has 0 radical (unpaired) electrons. The molecule has 0 bridgehead atoms. The Labute approximate surface area is 138 Å². The third-order valence-electron chi connectivity index (χ3n) is 4.15. The third kappa shape index (κ3) is 3.37. The quantitative estimate of drug-likeness (QED) is 0.793. The average molecular weight is 339 g/mol. The first kappa shape index (κ1) is 16.7. The molecule has 3 heterocycles. The molecule has 9 nitrogen and oxygen atoms in total. The monoisotopic (exact) mass is 339 g/mol. The van der Waals surface area contributed by atoms with Gasteiger partial charge in [0.25, 0.3) is 5.56 Å². The Bertz CT molecular complexity index is 718. The van der Waals surface area contributed by atoms with E-state index < -0.39 is 23.6 Å². The van der Waals surface area contributed by atoms with Gasteiger partial charge in [-0.25, -0.2) is 4.79 Å². The Morgan fingerprint density at radius 3 is 2.75 bits per heavy atom. The molecule has 2 aliphatic heterocycles. The molecule has 2 aliphatic rings. The Kier molecular flexibility index (Phi) is 5.03. The molecular weight excluding hydrogens is 318 g/mol. The zero-order valence-electron chi connectivity index (χ0n) is 13.4. The van der Waals surface area contributed by atoms with Crippen LogP contribution in [0.3, 0.4) is 0 Å². The maximum absolute atomic E-state index is 11.9. The molecule has 132 valence electrons. The predicted octanol–water partition coefficient (Wildman–Crippen LogP) is 0.268. The largest absolute Gasteiger partial charge is 0.506 e. The van der Waals surface area contributed by atoms with Crippen molar-refractivity contribution in [1.29, 1.82) is 0 Å². The van der Waals surface area contributed by atoms with E-state index >= 15 is 0 Å². The standard InChI is InChI=1S/C15H21N3O6/c1-22-13-12(20)10(9-23-17-6-3-2-4-7-17)24-14(13)18-8-5-11(19)16-15(18)21/h5,8,13-14,20H,2-4,6-7,9H2,1H3,(H,16,19,21)/t13?,14-/m1/s1. The van der Waals surface area contributed by atoms with Gasteiger partial charge in [-0.1, -0.05) is 6.42 Å². The van der Waals surface area contributed by atoms with E-state index in [1.54, 1.807) is 0 Å². The van der Waals surface area contributed by atoms with E-state index in [2.05, 4.69) is 4.98 Å². The van der Waals surface area contributed by atoms with Crippen molar-refractivity contribution in [3.05, 3.63) is 44.6 Å². The lowest BCUT2D eigenvalue weighted by molar-refractivity contribution is -0.170. The van der Waals surface area contributed by atoms with Crippen LogP contribution in [0.25, 0.3) is 0 Å². The summed E-state index contributed by atoms with van der Waals surface area (Å²) in [5.41, 5.74) is -1.14. The van der Waals surface area contributed by atoms with E-state index in [4.69, 9.17) is 14.3 Å². The lowest BCUT2D eigenvalue weighted by atomic mass is 10.2. The van der Waals surface area contributed by atoms with Crippen LogP contribution in [0.4, 0.5) is 0 Å². The summed E-state index contributed by atoms with van der Waals surface area (Å²) < 4.78 is 12.1. The number of hydrogen-bond acceptors (Lipinski definition) is 7. The summed E-state index contributed by atoms with van der Waals surface area (Å²) in [4.78, 5) is 30.9. The second kappa shape index (κ2) is 7.20. The molecular formula is C15H21N3O6. The van der Waals surface area contributed by atoms with Gasteiger partial charge in [-0.05, 0) is 12.8 Å². The molecule has 9 heteroatoms. The molecule has 1 aromatic heterocycles. The first-order valence-electron chi connectivity index (χ1n) is 7.91. The van der Waals surface area contributed by atoms with Gasteiger partial charge < -0.3 is 14.6 Å². The topological polar surface area (TPSA) is 106 Å². The van der Waals surface area contributed by atoms with Crippen LogP contribution in [0.15, 0.2) is 33.4 Å². The number of aliphatic hydroxyl groups excluding tert-OH is 1. The summed E-state index contributed by atoms with van der Waals surface area (Å²) in [7, 11) is 1.41. The second-order valence-corrected chi connectivity index (χ2v) is 5.75. The summed E-state index contributed by atoms with van der Waals surface area (Å²) in [6, 6.07) is 1.21. The SMILES string of the molecule is COC1C(O)=C(CON2CCCCC2)O[C@H]1n1ccc(=O)[nH]c1=O. The van der Waals surface area contributed by atoms with Crippen LogP contribution in [0.5, 0.6) is 0 Å². The van der Waals surface area contributed by atoms with Crippen molar-refractivity contribution >= 4 is 0 Å². The average Bonchev–Trinajstić information content (AvgIpc) is 2.89. The number of nitrogens with one attached hydrogen (secondary N) is 1. The van der Waals surface area contributed by atoms with Gasteiger partial charge in [-0.3, -0.25) is 19.2 Å². The van der Waals surface area contributed by atoms with Gasteiger partial charge in [0.05, 0.1) is 0 Å². The van der Waals surface area contributed by atoms with Crippen LogP contribution in [-0.4, -0.2) is 52.6 Å². The fourth-order valence-corrected chi connectivity index (χ4v) is 2.87. The number of rotatable bonds is 5. The molecule has 1 aromatic rings. The molecule has 1 fully saturated rings. The fourth-order valence-electron chi connectivity index (χ4n) is 2.87. The fraction of sp³-hybridized carbons (Fsp3) is 0.600. The highest BCUT2D eigenvalue weighted by Crippen LogP contribution is 2.32. The Balaban J connectivity index is 1.73. The van der Waals surface area contributed by atoms with Crippen LogP contribution in [0.2, 0.25) is 0 Å². The third-order valence-corrected chi connectivity index (χ3v) is 4.15. The molecule has 1 saturated heterocycles. The van der Waals surface area contributed by atoms with Crippen molar-refractivity contribution in [2.75, 3.05) is 26.8 Å². The minimum Gasteiger partial charge on any atom is -0.506 e. The second-order valence-electron chi connectivity index (χ2n) is 5.75. The van der Waals surface area contributed by atoms with Gasteiger partial charge in [-0.2, -0.15) is 5.06 Å². The summed E-state index contributed by atoms with van der Waals surface area (Å²) in [5.74, 6) is 0.105. The van der Waals surface area contributed by atoms with E-state index in [0.717, 1.165) is 25.9 Å². The number of methoxy groups -OCH3 is 1. The lowest BCUT2D eigenvalue weighted by Gasteiger charge is -2.25. The zero-order valence-corrected chi connectivity index (χ0v) is 13.4. The number of aliphatic hydroxyl groups is 1. The van der Waals surface area contributed by atoms with Crippen LogP contribution in [0, 0.1) is 0 Å². The van der Waals surface area contributed by atoms with E-state index in [1.807, 2.05) is 5.06 Å². The van der Waals surface area contributed by atoms with Crippen LogP contribution < -0.4 is 11.2 Å². The maximum Gasteiger partial charge on any atom is 0.331 e. The first-order chi connectivity index (χ1) is 11.6. The molecule has 0 saturated carbocycles.